The van der Waals surface area contributed by atoms with Crippen LogP contribution in [0.5, 0.6) is 0 Å². The van der Waals surface area contributed by atoms with E-state index in [1.54, 1.807) is 0 Å². The fraction of sp³-hybridized carbons (Fsp3) is 0.714. The second kappa shape index (κ2) is 7.65. The third kappa shape index (κ3) is 3.80. The number of hydrogen-bond donors (Lipinski definition) is 1. The highest BCUT2D eigenvalue weighted by molar-refractivity contribution is 6.32. The van der Waals surface area contributed by atoms with Crippen LogP contribution >= 0.6 is 11.6 Å². The smallest absolute Gasteiger partial charge is 0.143 e. The molecule has 108 valence electrons. The minimum Gasteiger partial charge on any atom is -0.330 e. The van der Waals surface area contributed by atoms with E-state index in [2.05, 4.69) is 12.0 Å². The zero-order valence-electron chi connectivity index (χ0n) is 12.1. The minimum atomic E-state index is -0.0636. The Morgan fingerprint density at radius 2 is 2.11 bits per heavy atom. The molecule has 19 heavy (non-hydrogen) atoms. The Hall–Kier alpha value is -0.870. The maximum Gasteiger partial charge on any atom is 0.143 e. The number of nitrogens with two attached hydrogens (primary N) is 1. The topological polar surface area (TPSA) is 60.9 Å². The number of hydrogen-bond acceptors (Lipinski definition) is 3. The summed E-state index contributed by atoms with van der Waals surface area (Å²) >= 11 is 6.31. The van der Waals surface area contributed by atoms with Gasteiger partial charge in [0.15, 0.2) is 0 Å². The van der Waals surface area contributed by atoms with Gasteiger partial charge in [0, 0.05) is 19.0 Å². The molecule has 0 radical (unpaired) electrons. The van der Waals surface area contributed by atoms with Crippen LogP contribution in [0.2, 0.25) is 5.02 Å². The maximum atomic E-state index is 12.3. The van der Waals surface area contributed by atoms with E-state index in [1.807, 2.05) is 18.5 Å². The van der Waals surface area contributed by atoms with Crippen LogP contribution in [-0.2, 0) is 24.2 Å². The number of carbonyl (C=O) groups excluding carboxylic acids is 1. The molecule has 1 rings (SSSR count). The van der Waals surface area contributed by atoms with Crippen molar-refractivity contribution in [3.8, 4) is 0 Å². The quantitative estimate of drug-likeness (QED) is 0.799. The molecule has 0 saturated carbocycles. The number of halogens is 1. The number of aryl methyl sites for hydroxylation is 2. The van der Waals surface area contributed by atoms with E-state index >= 15 is 0 Å². The first-order valence-electron chi connectivity index (χ1n) is 7.05. The van der Waals surface area contributed by atoms with Crippen molar-refractivity contribution in [3.63, 3.8) is 0 Å². The van der Waals surface area contributed by atoms with Gasteiger partial charge < -0.3 is 5.73 Å². The fourth-order valence-electron chi connectivity index (χ4n) is 2.25. The summed E-state index contributed by atoms with van der Waals surface area (Å²) in [4.78, 5) is 12.3. The summed E-state index contributed by atoms with van der Waals surface area (Å²) in [5.74, 6) is 0.106. The van der Waals surface area contributed by atoms with Crippen molar-refractivity contribution in [1.29, 1.82) is 0 Å². The molecule has 0 fully saturated rings. The maximum absolute atomic E-state index is 12.3. The van der Waals surface area contributed by atoms with E-state index in [0.29, 0.717) is 18.0 Å². The Morgan fingerprint density at radius 1 is 1.42 bits per heavy atom. The average molecular weight is 286 g/mol. The predicted molar refractivity (Wildman–Crippen MR) is 78.5 cm³/mol. The van der Waals surface area contributed by atoms with E-state index in [9.17, 15) is 4.79 Å². The molecule has 0 saturated heterocycles. The lowest BCUT2D eigenvalue weighted by atomic mass is 9.95. The van der Waals surface area contributed by atoms with Gasteiger partial charge in [0.05, 0.1) is 22.8 Å². The van der Waals surface area contributed by atoms with Gasteiger partial charge in [-0.15, -0.1) is 0 Å². The first-order valence-corrected chi connectivity index (χ1v) is 7.43. The molecule has 1 heterocycles. The Balaban J connectivity index is 2.91. The molecule has 0 aliphatic carbocycles. The molecule has 0 spiro atoms. The lowest BCUT2D eigenvalue weighted by molar-refractivity contribution is -0.122. The van der Waals surface area contributed by atoms with E-state index in [1.165, 1.54) is 0 Å². The minimum absolute atomic E-state index is 0.0636. The largest absolute Gasteiger partial charge is 0.330 e. The summed E-state index contributed by atoms with van der Waals surface area (Å²) in [6.45, 7) is 7.21. The van der Waals surface area contributed by atoms with E-state index < -0.39 is 0 Å². The molecule has 5 heteroatoms. The van der Waals surface area contributed by atoms with E-state index in [0.717, 1.165) is 37.2 Å². The van der Waals surface area contributed by atoms with Crippen LogP contribution in [0.15, 0.2) is 0 Å². The molecule has 1 aromatic rings. The normalized spacial score (nSPS) is 12.7. The number of nitrogens with zero attached hydrogens (tertiary/aromatic N) is 2. The van der Waals surface area contributed by atoms with Gasteiger partial charge in [-0.3, -0.25) is 9.48 Å². The number of aromatic nitrogens is 2. The van der Waals surface area contributed by atoms with Gasteiger partial charge in [-0.2, -0.15) is 5.10 Å². The summed E-state index contributed by atoms with van der Waals surface area (Å²) in [7, 11) is 0. The molecule has 0 aliphatic heterocycles. The Bertz CT molecular complexity index is 429. The molecule has 0 aromatic carbocycles. The first-order chi connectivity index (χ1) is 9.08. The summed E-state index contributed by atoms with van der Waals surface area (Å²) < 4.78 is 1.83. The molecular formula is C14H24ClN3O. The molecular weight excluding hydrogens is 262 g/mol. The van der Waals surface area contributed by atoms with E-state index in [-0.39, 0.29) is 11.7 Å². The second-order valence-electron chi connectivity index (χ2n) is 4.74. The van der Waals surface area contributed by atoms with Crippen molar-refractivity contribution >= 4 is 17.4 Å². The van der Waals surface area contributed by atoms with Crippen LogP contribution in [0.4, 0.5) is 0 Å². The van der Waals surface area contributed by atoms with Gasteiger partial charge in [0.2, 0.25) is 0 Å². The van der Waals surface area contributed by atoms with Crippen molar-refractivity contribution in [2.45, 2.75) is 53.0 Å². The number of carbonyl (C=O) groups is 1. The molecule has 1 unspecified atom stereocenters. The van der Waals surface area contributed by atoms with Gasteiger partial charge >= 0.3 is 0 Å². The number of Topliss-reactive ketones (excluding diaryl/α,β-unsaturated/α-hetero) is 1. The zero-order chi connectivity index (χ0) is 14.4. The van der Waals surface area contributed by atoms with Gasteiger partial charge in [-0.05, 0) is 19.8 Å². The highest BCUT2D eigenvalue weighted by Gasteiger charge is 2.21. The Kier molecular flexibility index (Phi) is 6.52. The molecule has 4 nitrogen and oxygen atoms in total. The van der Waals surface area contributed by atoms with Crippen molar-refractivity contribution in [2.24, 2.45) is 11.7 Å². The molecule has 1 aromatic heterocycles. The lowest BCUT2D eigenvalue weighted by Crippen LogP contribution is -2.26. The van der Waals surface area contributed by atoms with Crippen LogP contribution < -0.4 is 5.73 Å². The SMILES string of the molecule is CCCC(CN)C(=O)Cc1c(Cl)c(CC)nn1CC. The summed E-state index contributed by atoms with van der Waals surface area (Å²) in [5.41, 5.74) is 7.38. The highest BCUT2D eigenvalue weighted by atomic mass is 35.5. The number of rotatable bonds is 8. The van der Waals surface area contributed by atoms with Crippen LogP contribution in [0.1, 0.15) is 45.0 Å². The fourth-order valence-corrected chi connectivity index (χ4v) is 2.59. The van der Waals surface area contributed by atoms with Crippen LogP contribution in [0.25, 0.3) is 0 Å². The van der Waals surface area contributed by atoms with Gasteiger partial charge in [-0.25, -0.2) is 0 Å². The predicted octanol–water partition coefficient (Wildman–Crippen LogP) is 2.61. The zero-order valence-corrected chi connectivity index (χ0v) is 12.8. The summed E-state index contributed by atoms with van der Waals surface area (Å²) in [6, 6.07) is 0. The van der Waals surface area contributed by atoms with Crippen molar-refractivity contribution in [2.75, 3.05) is 6.54 Å². The third-order valence-electron chi connectivity index (χ3n) is 3.41. The van der Waals surface area contributed by atoms with Gasteiger partial charge in [-0.1, -0.05) is 31.9 Å². The summed E-state index contributed by atoms with van der Waals surface area (Å²) in [5, 5.41) is 5.08. The van der Waals surface area contributed by atoms with Crippen LogP contribution in [0.3, 0.4) is 0 Å². The lowest BCUT2D eigenvalue weighted by Gasteiger charge is -2.13. The standard InChI is InChI=1S/C14H24ClN3O/c1-4-7-10(9-16)13(19)8-12-14(15)11(5-2)17-18(12)6-3/h10H,4-9,16H2,1-3H3. The molecule has 0 amide bonds. The Labute approximate surface area is 120 Å². The van der Waals surface area contributed by atoms with E-state index in [4.69, 9.17) is 17.3 Å². The van der Waals surface area contributed by atoms with Crippen LogP contribution in [-0.4, -0.2) is 22.1 Å². The number of ketones is 1. The highest BCUT2D eigenvalue weighted by Crippen LogP contribution is 2.23. The Morgan fingerprint density at radius 3 is 2.58 bits per heavy atom. The van der Waals surface area contributed by atoms with Crippen molar-refractivity contribution < 1.29 is 4.79 Å². The average Bonchev–Trinajstić information content (AvgIpc) is 2.72. The van der Waals surface area contributed by atoms with Crippen molar-refractivity contribution in [3.05, 3.63) is 16.4 Å². The first kappa shape index (κ1) is 16.2. The molecule has 0 aliphatic rings. The summed E-state index contributed by atoms with van der Waals surface area (Å²) in [6.07, 6.45) is 2.92. The van der Waals surface area contributed by atoms with Gasteiger partial charge in [0.1, 0.15) is 5.78 Å². The van der Waals surface area contributed by atoms with Crippen molar-refractivity contribution in [1.82, 2.24) is 9.78 Å². The molecule has 2 N–H and O–H groups in total. The third-order valence-corrected chi connectivity index (χ3v) is 3.85. The van der Waals surface area contributed by atoms with Crippen LogP contribution in [0, 0.1) is 5.92 Å². The second-order valence-corrected chi connectivity index (χ2v) is 5.12. The monoisotopic (exact) mass is 285 g/mol. The molecule has 1 atom stereocenters. The molecule has 0 bridgehead atoms. The van der Waals surface area contributed by atoms with Gasteiger partial charge in [0.25, 0.3) is 0 Å².